The summed E-state index contributed by atoms with van der Waals surface area (Å²) in [6.07, 6.45) is 6.28. The minimum atomic E-state index is -0.0661. The lowest BCUT2D eigenvalue weighted by Gasteiger charge is -2.42. The number of nitrogens with two attached hydrogens (primary N) is 1. The second kappa shape index (κ2) is 6.73. The van der Waals surface area contributed by atoms with Crippen LogP contribution in [-0.4, -0.2) is 34.6 Å². The van der Waals surface area contributed by atoms with E-state index in [1.54, 1.807) is 6.20 Å². The molecule has 1 aromatic rings. The second-order valence-corrected chi connectivity index (χ2v) is 6.57. The van der Waals surface area contributed by atoms with Gasteiger partial charge in [0.05, 0.1) is 18.3 Å². The Morgan fingerprint density at radius 1 is 1.29 bits per heavy atom. The molecule has 118 valence electrons. The van der Waals surface area contributed by atoms with Gasteiger partial charge in [-0.05, 0) is 65.3 Å². The first kappa shape index (κ1) is 16.2. The number of nitrogens with one attached hydrogen (secondary N) is 1. The fourth-order valence-electron chi connectivity index (χ4n) is 3.11. The maximum atomic E-state index is 5.86. The Hall–Kier alpha value is -1.17. The first-order chi connectivity index (χ1) is 9.95. The molecule has 21 heavy (non-hydrogen) atoms. The first-order valence-electron chi connectivity index (χ1n) is 7.78. The van der Waals surface area contributed by atoms with Gasteiger partial charge in [0.2, 0.25) is 0 Å². The number of ether oxygens (including phenoxy) is 1. The second-order valence-electron chi connectivity index (χ2n) is 6.57. The van der Waals surface area contributed by atoms with Crippen LogP contribution in [0.15, 0.2) is 18.5 Å². The number of rotatable bonds is 6. The zero-order chi connectivity index (χ0) is 15.5. The van der Waals surface area contributed by atoms with E-state index in [0.29, 0.717) is 0 Å². The molecular weight excluding hydrogens is 264 g/mol. The highest BCUT2D eigenvalue weighted by molar-refractivity contribution is 5.28. The number of pyridine rings is 1. The molecule has 1 aliphatic rings. The van der Waals surface area contributed by atoms with Crippen molar-refractivity contribution in [2.75, 3.05) is 13.1 Å². The molecular formula is C16H28N4O. The van der Waals surface area contributed by atoms with Crippen molar-refractivity contribution in [1.29, 1.82) is 0 Å². The molecule has 1 aromatic heterocycles. The summed E-state index contributed by atoms with van der Waals surface area (Å²) in [5.74, 6) is 6.66. The van der Waals surface area contributed by atoms with Crippen molar-refractivity contribution >= 4 is 0 Å². The summed E-state index contributed by atoms with van der Waals surface area (Å²) in [5, 5.41) is 0. The van der Waals surface area contributed by atoms with Crippen molar-refractivity contribution in [3.63, 3.8) is 0 Å². The minimum absolute atomic E-state index is 0.0128. The zero-order valence-corrected chi connectivity index (χ0v) is 13.6. The van der Waals surface area contributed by atoms with Crippen LogP contribution in [0.3, 0.4) is 0 Å². The summed E-state index contributed by atoms with van der Waals surface area (Å²) in [4.78, 5) is 6.80. The topological polar surface area (TPSA) is 63.4 Å². The molecule has 0 saturated carbocycles. The maximum Gasteiger partial charge on any atom is 0.138 e. The van der Waals surface area contributed by atoms with Gasteiger partial charge in [0.1, 0.15) is 5.75 Å². The van der Waals surface area contributed by atoms with Crippen LogP contribution in [0.1, 0.15) is 52.1 Å². The molecule has 0 bridgehead atoms. The molecule has 1 saturated heterocycles. The molecule has 5 heteroatoms. The fourth-order valence-corrected chi connectivity index (χ4v) is 3.11. The van der Waals surface area contributed by atoms with Crippen LogP contribution < -0.4 is 16.0 Å². The minimum Gasteiger partial charge on any atom is -0.489 e. The Morgan fingerprint density at radius 2 is 1.95 bits per heavy atom. The average molecular weight is 292 g/mol. The molecule has 0 amide bonds. The van der Waals surface area contributed by atoms with Crippen LogP contribution in [0.2, 0.25) is 0 Å². The molecule has 1 aliphatic heterocycles. The predicted molar refractivity (Wildman–Crippen MR) is 85.0 cm³/mol. The largest absolute Gasteiger partial charge is 0.489 e. The molecule has 0 spiro atoms. The van der Waals surface area contributed by atoms with Crippen molar-refractivity contribution in [3.8, 4) is 5.75 Å². The van der Waals surface area contributed by atoms with Crippen molar-refractivity contribution in [2.45, 2.75) is 58.2 Å². The van der Waals surface area contributed by atoms with Crippen LogP contribution in [0.5, 0.6) is 5.75 Å². The fraction of sp³-hybridized carbons (Fsp3) is 0.688. The summed E-state index contributed by atoms with van der Waals surface area (Å²) in [6.45, 7) is 10.7. The molecule has 1 fully saturated rings. The van der Waals surface area contributed by atoms with Crippen molar-refractivity contribution in [3.05, 3.63) is 24.0 Å². The third-order valence-electron chi connectivity index (χ3n) is 4.23. The number of aromatic nitrogens is 1. The van der Waals surface area contributed by atoms with E-state index in [-0.39, 0.29) is 17.7 Å². The van der Waals surface area contributed by atoms with Crippen molar-refractivity contribution in [1.82, 2.24) is 15.3 Å². The summed E-state index contributed by atoms with van der Waals surface area (Å²) in [7, 11) is 0. The van der Waals surface area contributed by atoms with Gasteiger partial charge in [-0.1, -0.05) is 0 Å². The Labute approximate surface area is 127 Å². The van der Waals surface area contributed by atoms with Crippen LogP contribution in [-0.2, 0) is 0 Å². The van der Waals surface area contributed by atoms with E-state index in [2.05, 4.69) is 29.2 Å². The highest BCUT2D eigenvalue weighted by atomic mass is 16.5. The van der Waals surface area contributed by atoms with Crippen LogP contribution >= 0.6 is 0 Å². The van der Waals surface area contributed by atoms with Crippen LogP contribution in [0.25, 0.3) is 0 Å². The molecule has 3 N–H and O–H groups in total. The number of hydrazine groups is 1. The normalized spacial score (nSPS) is 18.2. The summed E-state index contributed by atoms with van der Waals surface area (Å²) >= 11 is 0. The lowest BCUT2D eigenvalue weighted by Crippen LogP contribution is -2.53. The number of nitrogens with zero attached hydrogens (tertiary/aromatic N) is 2. The zero-order valence-electron chi connectivity index (χ0n) is 13.6. The molecule has 0 aromatic carbocycles. The van der Waals surface area contributed by atoms with Gasteiger partial charge in [-0.15, -0.1) is 0 Å². The Morgan fingerprint density at radius 3 is 2.52 bits per heavy atom. The van der Waals surface area contributed by atoms with Gasteiger partial charge in [0.25, 0.3) is 0 Å². The molecule has 1 unspecified atom stereocenters. The summed E-state index contributed by atoms with van der Waals surface area (Å²) < 4.78 is 5.74. The van der Waals surface area contributed by atoms with E-state index in [1.165, 1.54) is 12.8 Å². The van der Waals surface area contributed by atoms with Crippen molar-refractivity contribution in [2.24, 2.45) is 5.84 Å². The molecule has 1 atom stereocenters. The molecule has 0 aliphatic carbocycles. The third kappa shape index (κ3) is 3.73. The highest BCUT2D eigenvalue weighted by Crippen LogP contribution is 2.33. The van der Waals surface area contributed by atoms with Gasteiger partial charge in [-0.25, -0.2) is 0 Å². The van der Waals surface area contributed by atoms with Gasteiger partial charge < -0.3 is 4.74 Å². The van der Waals surface area contributed by atoms with E-state index in [0.717, 1.165) is 24.4 Å². The van der Waals surface area contributed by atoms with Crippen LogP contribution in [0.4, 0.5) is 0 Å². The summed E-state index contributed by atoms with van der Waals surface area (Å²) in [6, 6.07) is 2.05. The van der Waals surface area contributed by atoms with E-state index >= 15 is 0 Å². The van der Waals surface area contributed by atoms with Gasteiger partial charge in [-0.3, -0.25) is 21.2 Å². The van der Waals surface area contributed by atoms with Gasteiger partial charge >= 0.3 is 0 Å². The number of hydrogen-bond donors (Lipinski definition) is 2. The van der Waals surface area contributed by atoms with Crippen LogP contribution in [0, 0.1) is 0 Å². The van der Waals surface area contributed by atoms with E-state index in [1.807, 2.05) is 26.1 Å². The molecule has 2 heterocycles. The van der Waals surface area contributed by atoms with Crippen molar-refractivity contribution < 1.29 is 4.74 Å². The van der Waals surface area contributed by atoms with Gasteiger partial charge in [0, 0.05) is 11.7 Å². The average Bonchev–Trinajstić information content (AvgIpc) is 2.93. The monoisotopic (exact) mass is 292 g/mol. The van der Waals surface area contributed by atoms with E-state index in [4.69, 9.17) is 10.6 Å². The smallest absolute Gasteiger partial charge is 0.138 e. The standard InChI is InChI=1S/C16H28N4O/c1-12(2)21-14-9-13(10-18-11-14)15(19-17)16(3,4)20-7-5-6-8-20/h9-12,15,19H,5-8,17H2,1-4H3. The molecule has 5 nitrogen and oxygen atoms in total. The molecule has 0 radical (unpaired) electrons. The lowest BCUT2D eigenvalue weighted by atomic mass is 9.88. The van der Waals surface area contributed by atoms with E-state index in [9.17, 15) is 0 Å². The summed E-state index contributed by atoms with van der Waals surface area (Å²) in [5.41, 5.74) is 3.98. The van der Waals surface area contributed by atoms with Gasteiger partial charge in [0.15, 0.2) is 0 Å². The highest BCUT2D eigenvalue weighted by Gasteiger charge is 2.37. The maximum absolute atomic E-state index is 5.86. The third-order valence-corrected chi connectivity index (χ3v) is 4.23. The SMILES string of the molecule is CC(C)Oc1cncc(C(NN)C(C)(C)N2CCCC2)c1. The Kier molecular flexibility index (Phi) is 5.19. The molecule has 2 rings (SSSR count). The Bertz CT molecular complexity index is 455. The first-order valence-corrected chi connectivity index (χ1v) is 7.78. The lowest BCUT2D eigenvalue weighted by molar-refractivity contribution is 0.106. The van der Waals surface area contributed by atoms with Gasteiger partial charge in [-0.2, -0.15) is 0 Å². The quantitative estimate of drug-likeness (QED) is 0.622. The number of likely N-dealkylation sites (tertiary alicyclic amines) is 1. The Balaban J connectivity index is 2.23. The van der Waals surface area contributed by atoms with E-state index < -0.39 is 0 Å². The predicted octanol–water partition coefficient (Wildman–Crippen LogP) is 2.25. The number of hydrogen-bond acceptors (Lipinski definition) is 5.